The van der Waals surface area contributed by atoms with Gasteiger partial charge in [-0.25, -0.2) is 4.68 Å². The van der Waals surface area contributed by atoms with Gasteiger partial charge >= 0.3 is 0 Å². The molecule has 0 radical (unpaired) electrons. The second-order valence-corrected chi connectivity index (χ2v) is 4.17. The number of benzene rings is 1. The number of hydrogen-bond acceptors (Lipinski definition) is 5. The molecule has 0 bridgehead atoms. The van der Waals surface area contributed by atoms with Gasteiger partial charge in [-0.15, -0.1) is 10.2 Å². The van der Waals surface area contributed by atoms with E-state index in [0.29, 0.717) is 5.75 Å². The molecule has 1 aromatic carbocycles. The highest BCUT2D eigenvalue weighted by atomic mass is 16.5. The van der Waals surface area contributed by atoms with Gasteiger partial charge < -0.3 is 10.5 Å². The third-order valence-corrected chi connectivity index (χ3v) is 2.54. The Morgan fingerprint density at radius 2 is 1.90 bits per heavy atom. The Bertz CT molecular complexity index is 611. The van der Waals surface area contributed by atoms with E-state index in [1.54, 1.807) is 23.0 Å². The van der Waals surface area contributed by atoms with E-state index >= 15 is 0 Å². The standard InChI is InChI=1S/C13H15N5O2/c1-9-16-17-10(2)18(9)15-7-11-3-5-12(6-4-11)20-8-13(14)19/h3-7H,8H2,1-2H3,(H2,14,19)/b15-7-. The third kappa shape index (κ3) is 3.41. The van der Waals surface area contributed by atoms with Crippen LogP contribution in [0.2, 0.25) is 0 Å². The van der Waals surface area contributed by atoms with Gasteiger partial charge in [0.25, 0.3) is 5.91 Å². The number of carbonyl (C=O) groups is 1. The molecule has 0 unspecified atom stereocenters. The van der Waals surface area contributed by atoms with Crippen molar-refractivity contribution in [2.75, 3.05) is 6.61 Å². The highest BCUT2D eigenvalue weighted by molar-refractivity contribution is 5.79. The molecule has 0 saturated heterocycles. The summed E-state index contributed by atoms with van der Waals surface area (Å²) < 4.78 is 6.82. The van der Waals surface area contributed by atoms with Crippen molar-refractivity contribution in [2.45, 2.75) is 13.8 Å². The second kappa shape index (κ2) is 5.96. The summed E-state index contributed by atoms with van der Waals surface area (Å²) in [7, 11) is 0. The van der Waals surface area contributed by atoms with E-state index in [1.165, 1.54) is 0 Å². The predicted molar refractivity (Wildman–Crippen MR) is 73.6 cm³/mol. The van der Waals surface area contributed by atoms with Crippen LogP contribution in [0.15, 0.2) is 29.4 Å². The van der Waals surface area contributed by atoms with Crippen LogP contribution in [0.25, 0.3) is 0 Å². The van der Waals surface area contributed by atoms with Crippen LogP contribution in [0.1, 0.15) is 17.2 Å². The van der Waals surface area contributed by atoms with Crippen LogP contribution in [0.4, 0.5) is 0 Å². The first kappa shape index (κ1) is 13.7. The van der Waals surface area contributed by atoms with Crippen LogP contribution in [0.5, 0.6) is 5.75 Å². The van der Waals surface area contributed by atoms with E-state index in [1.807, 2.05) is 26.0 Å². The minimum absolute atomic E-state index is 0.132. The van der Waals surface area contributed by atoms with Gasteiger partial charge in [-0.3, -0.25) is 4.79 Å². The minimum Gasteiger partial charge on any atom is -0.484 e. The zero-order chi connectivity index (χ0) is 14.5. The van der Waals surface area contributed by atoms with E-state index in [9.17, 15) is 4.79 Å². The van der Waals surface area contributed by atoms with Gasteiger partial charge in [0.15, 0.2) is 18.3 Å². The summed E-state index contributed by atoms with van der Waals surface area (Å²) >= 11 is 0. The maximum absolute atomic E-state index is 10.6. The Hall–Kier alpha value is -2.70. The lowest BCUT2D eigenvalue weighted by Gasteiger charge is -2.03. The molecule has 7 heteroatoms. The molecule has 104 valence electrons. The van der Waals surface area contributed by atoms with Crippen molar-refractivity contribution in [3.8, 4) is 5.75 Å². The summed E-state index contributed by atoms with van der Waals surface area (Å²) in [5, 5.41) is 12.1. The van der Waals surface area contributed by atoms with E-state index in [2.05, 4.69) is 15.3 Å². The van der Waals surface area contributed by atoms with Crippen LogP contribution < -0.4 is 10.5 Å². The number of primary amides is 1. The summed E-state index contributed by atoms with van der Waals surface area (Å²) in [6, 6.07) is 7.15. The van der Waals surface area contributed by atoms with Crippen LogP contribution >= 0.6 is 0 Å². The van der Waals surface area contributed by atoms with Crippen molar-refractivity contribution in [3.05, 3.63) is 41.5 Å². The summed E-state index contributed by atoms with van der Waals surface area (Å²) in [5.74, 6) is 1.52. The molecule has 0 aliphatic rings. The minimum atomic E-state index is -0.505. The summed E-state index contributed by atoms with van der Waals surface area (Å²) in [4.78, 5) is 10.6. The maximum atomic E-state index is 10.6. The zero-order valence-corrected chi connectivity index (χ0v) is 11.3. The summed E-state index contributed by atoms with van der Waals surface area (Å²) in [6.07, 6.45) is 1.70. The monoisotopic (exact) mass is 273 g/mol. The summed E-state index contributed by atoms with van der Waals surface area (Å²) in [6.45, 7) is 3.53. The van der Waals surface area contributed by atoms with Crippen LogP contribution in [-0.2, 0) is 4.79 Å². The number of hydrogen-bond donors (Lipinski definition) is 1. The molecule has 2 aromatic rings. The van der Waals surface area contributed by atoms with Crippen LogP contribution in [0.3, 0.4) is 0 Å². The summed E-state index contributed by atoms with van der Waals surface area (Å²) in [5.41, 5.74) is 5.89. The first-order valence-electron chi connectivity index (χ1n) is 6.00. The van der Waals surface area contributed by atoms with Crippen LogP contribution in [-0.4, -0.2) is 33.6 Å². The fourth-order valence-corrected chi connectivity index (χ4v) is 1.56. The average Bonchev–Trinajstić information content (AvgIpc) is 2.75. The quantitative estimate of drug-likeness (QED) is 0.809. The van der Waals surface area contributed by atoms with E-state index in [4.69, 9.17) is 10.5 Å². The number of nitrogens with two attached hydrogens (primary N) is 1. The van der Waals surface area contributed by atoms with Gasteiger partial charge in [-0.05, 0) is 43.7 Å². The topological polar surface area (TPSA) is 95.4 Å². The molecule has 0 saturated carbocycles. The molecule has 7 nitrogen and oxygen atoms in total. The fourth-order valence-electron chi connectivity index (χ4n) is 1.56. The van der Waals surface area contributed by atoms with Gasteiger partial charge in [-0.1, -0.05) is 0 Å². The van der Waals surface area contributed by atoms with E-state index in [0.717, 1.165) is 17.2 Å². The Morgan fingerprint density at radius 1 is 1.30 bits per heavy atom. The van der Waals surface area contributed by atoms with Crippen molar-refractivity contribution in [1.29, 1.82) is 0 Å². The van der Waals surface area contributed by atoms with Crippen molar-refractivity contribution < 1.29 is 9.53 Å². The van der Waals surface area contributed by atoms with Crippen molar-refractivity contribution >= 4 is 12.1 Å². The molecule has 0 spiro atoms. The molecule has 1 heterocycles. The second-order valence-electron chi connectivity index (χ2n) is 4.17. The number of ether oxygens (including phenoxy) is 1. The lowest BCUT2D eigenvalue weighted by atomic mass is 10.2. The molecule has 0 aliphatic heterocycles. The fraction of sp³-hybridized carbons (Fsp3) is 0.231. The van der Waals surface area contributed by atoms with Gasteiger partial charge in [0.05, 0.1) is 6.21 Å². The molecule has 1 amide bonds. The lowest BCUT2D eigenvalue weighted by molar-refractivity contribution is -0.119. The largest absolute Gasteiger partial charge is 0.484 e. The van der Waals surface area contributed by atoms with Gasteiger partial charge in [-0.2, -0.15) is 5.10 Å². The number of carbonyl (C=O) groups excluding carboxylic acids is 1. The molecular formula is C13H15N5O2. The molecule has 2 rings (SSSR count). The highest BCUT2D eigenvalue weighted by Gasteiger charge is 2.01. The Balaban J connectivity index is 2.05. The Labute approximate surface area is 116 Å². The van der Waals surface area contributed by atoms with Gasteiger partial charge in [0, 0.05) is 0 Å². The smallest absolute Gasteiger partial charge is 0.255 e. The van der Waals surface area contributed by atoms with E-state index in [-0.39, 0.29) is 6.61 Å². The van der Waals surface area contributed by atoms with Gasteiger partial charge in [0.2, 0.25) is 0 Å². The first-order valence-corrected chi connectivity index (χ1v) is 6.00. The van der Waals surface area contributed by atoms with Crippen molar-refractivity contribution in [3.63, 3.8) is 0 Å². The first-order chi connectivity index (χ1) is 9.56. The molecule has 2 N–H and O–H groups in total. The molecule has 0 atom stereocenters. The number of nitrogens with zero attached hydrogens (tertiary/aromatic N) is 4. The Morgan fingerprint density at radius 3 is 2.45 bits per heavy atom. The maximum Gasteiger partial charge on any atom is 0.255 e. The van der Waals surface area contributed by atoms with Crippen molar-refractivity contribution in [2.24, 2.45) is 10.8 Å². The lowest BCUT2D eigenvalue weighted by Crippen LogP contribution is -2.19. The van der Waals surface area contributed by atoms with E-state index < -0.39 is 5.91 Å². The molecular weight excluding hydrogens is 258 g/mol. The van der Waals surface area contributed by atoms with Gasteiger partial charge in [0.1, 0.15) is 5.75 Å². The number of aryl methyl sites for hydroxylation is 2. The van der Waals surface area contributed by atoms with Crippen LogP contribution in [0, 0.1) is 13.8 Å². The SMILES string of the molecule is Cc1nnc(C)n1/N=C\c1ccc(OCC(N)=O)cc1. The number of rotatable bonds is 5. The Kier molecular flexibility index (Phi) is 4.09. The molecule has 0 aliphatic carbocycles. The molecule has 0 fully saturated rings. The third-order valence-electron chi connectivity index (χ3n) is 2.54. The number of aromatic nitrogens is 3. The normalized spacial score (nSPS) is 10.9. The zero-order valence-electron chi connectivity index (χ0n) is 11.3. The molecule has 1 aromatic heterocycles. The average molecular weight is 273 g/mol. The molecule has 20 heavy (non-hydrogen) atoms. The predicted octanol–water partition coefficient (Wildman–Crippen LogP) is 0.641. The highest BCUT2D eigenvalue weighted by Crippen LogP contribution is 2.11. The van der Waals surface area contributed by atoms with Crippen molar-refractivity contribution in [1.82, 2.24) is 14.9 Å². The number of amides is 1.